The zero-order valence-corrected chi connectivity index (χ0v) is 8.07. The number of ether oxygens (including phenoxy) is 1. The van der Waals surface area contributed by atoms with Crippen LogP contribution in [0.5, 0.6) is 5.75 Å². The van der Waals surface area contributed by atoms with Crippen molar-refractivity contribution in [1.29, 1.82) is 0 Å². The van der Waals surface area contributed by atoms with Crippen molar-refractivity contribution in [1.82, 2.24) is 0 Å². The van der Waals surface area contributed by atoms with Gasteiger partial charge in [-0.05, 0) is 25.1 Å². The molecular formula is C9H11ClFNO. The molecule has 1 aromatic carbocycles. The van der Waals surface area contributed by atoms with Crippen molar-refractivity contribution in [2.45, 2.75) is 6.42 Å². The number of rotatable bonds is 3. The minimum atomic E-state index is -0.407. The molecule has 0 fully saturated rings. The Kier molecular flexibility index (Phi) is 3.51. The van der Waals surface area contributed by atoms with Crippen molar-refractivity contribution in [3.8, 4) is 5.75 Å². The quantitative estimate of drug-likeness (QED) is 0.816. The lowest BCUT2D eigenvalue weighted by molar-refractivity contribution is 0.381. The van der Waals surface area contributed by atoms with E-state index in [4.69, 9.17) is 22.1 Å². The summed E-state index contributed by atoms with van der Waals surface area (Å²) >= 11 is 5.86. The van der Waals surface area contributed by atoms with Gasteiger partial charge in [-0.2, -0.15) is 0 Å². The Hall–Kier alpha value is -0.800. The Morgan fingerprint density at radius 1 is 1.54 bits per heavy atom. The number of hydrogen-bond acceptors (Lipinski definition) is 2. The van der Waals surface area contributed by atoms with Crippen LogP contribution in [0.1, 0.15) is 5.56 Å². The largest absolute Gasteiger partial charge is 0.493 e. The van der Waals surface area contributed by atoms with Crippen LogP contribution in [0.2, 0.25) is 5.02 Å². The van der Waals surface area contributed by atoms with Gasteiger partial charge in [0.25, 0.3) is 0 Å². The van der Waals surface area contributed by atoms with Crippen molar-refractivity contribution in [3.63, 3.8) is 0 Å². The molecule has 2 nitrogen and oxygen atoms in total. The van der Waals surface area contributed by atoms with Crippen LogP contribution in [0.4, 0.5) is 4.39 Å². The Morgan fingerprint density at radius 2 is 2.23 bits per heavy atom. The first-order valence-electron chi connectivity index (χ1n) is 3.91. The SMILES string of the molecule is COc1c(F)ccc(Cl)c1CCN. The van der Waals surface area contributed by atoms with Crippen molar-refractivity contribution in [2.75, 3.05) is 13.7 Å². The summed E-state index contributed by atoms with van der Waals surface area (Å²) in [6, 6.07) is 2.78. The number of methoxy groups -OCH3 is 1. The summed E-state index contributed by atoms with van der Waals surface area (Å²) in [7, 11) is 1.41. The fourth-order valence-electron chi connectivity index (χ4n) is 1.17. The molecule has 4 heteroatoms. The molecule has 0 amide bonds. The first-order valence-corrected chi connectivity index (χ1v) is 4.29. The lowest BCUT2D eigenvalue weighted by Gasteiger charge is -2.09. The van der Waals surface area contributed by atoms with Crippen molar-refractivity contribution >= 4 is 11.6 Å². The highest BCUT2D eigenvalue weighted by molar-refractivity contribution is 6.31. The van der Waals surface area contributed by atoms with E-state index in [1.165, 1.54) is 19.2 Å². The first-order chi connectivity index (χ1) is 6.20. The lowest BCUT2D eigenvalue weighted by Crippen LogP contribution is -2.05. The first kappa shape index (κ1) is 10.3. The number of benzene rings is 1. The summed E-state index contributed by atoms with van der Waals surface area (Å²) in [4.78, 5) is 0. The maximum atomic E-state index is 13.1. The summed E-state index contributed by atoms with van der Waals surface area (Å²) < 4.78 is 18.0. The fraction of sp³-hybridized carbons (Fsp3) is 0.333. The van der Waals surface area contributed by atoms with Crippen LogP contribution in [-0.2, 0) is 6.42 Å². The van der Waals surface area contributed by atoms with Gasteiger partial charge in [-0.3, -0.25) is 0 Å². The molecule has 1 aromatic rings. The average Bonchev–Trinajstić information content (AvgIpc) is 2.12. The smallest absolute Gasteiger partial charge is 0.165 e. The topological polar surface area (TPSA) is 35.2 Å². The molecule has 0 aromatic heterocycles. The van der Waals surface area contributed by atoms with Crippen LogP contribution in [0.25, 0.3) is 0 Å². The van der Waals surface area contributed by atoms with Crippen LogP contribution < -0.4 is 10.5 Å². The Labute approximate surface area is 81.4 Å². The Bertz CT molecular complexity index is 304. The lowest BCUT2D eigenvalue weighted by atomic mass is 10.1. The van der Waals surface area contributed by atoms with Gasteiger partial charge in [0.2, 0.25) is 0 Å². The summed E-state index contributed by atoms with van der Waals surface area (Å²) in [5, 5.41) is 0.490. The van der Waals surface area contributed by atoms with Gasteiger partial charge in [-0.15, -0.1) is 0 Å². The van der Waals surface area contributed by atoms with E-state index in [0.29, 0.717) is 23.6 Å². The Balaban J connectivity index is 3.18. The van der Waals surface area contributed by atoms with Crippen LogP contribution in [0.15, 0.2) is 12.1 Å². The van der Waals surface area contributed by atoms with Gasteiger partial charge in [0.1, 0.15) is 0 Å². The normalized spacial score (nSPS) is 10.2. The monoisotopic (exact) mass is 203 g/mol. The van der Waals surface area contributed by atoms with Crippen molar-refractivity contribution in [2.24, 2.45) is 5.73 Å². The van der Waals surface area contributed by atoms with Crippen LogP contribution in [-0.4, -0.2) is 13.7 Å². The zero-order chi connectivity index (χ0) is 9.84. The van der Waals surface area contributed by atoms with E-state index in [-0.39, 0.29) is 5.75 Å². The summed E-state index contributed by atoms with van der Waals surface area (Å²) in [5.41, 5.74) is 6.00. The molecule has 0 radical (unpaired) electrons. The maximum Gasteiger partial charge on any atom is 0.165 e. The van der Waals surface area contributed by atoms with Crippen LogP contribution in [0, 0.1) is 5.82 Å². The molecule has 0 heterocycles. The standard InChI is InChI=1S/C9H11ClFNO/c1-13-9-6(4-5-12)7(10)2-3-8(9)11/h2-3H,4-5,12H2,1H3. The molecule has 0 aliphatic carbocycles. The molecule has 72 valence electrons. The molecule has 0 spiro atoms. The molecule has 0 aliphatic heterocycles. The van der Waals surface area contributed by atoms with Crippen molar-refractivity contribution < 1.29 is 9.13 Å². The van der Waals surface area contributed by atoms with Crippen LogP contribution >= 0.6 is 11.6 Å². The molecule has 0 aliphatic rings. The van der Waals surface area contributed by atoms with Crippen molar-refractivity contribution in [3.05, 3.63) is 28.5 Å². The van der Waals surface area contributed by atoms with E-state index in [2.05, 4.69) is 0 Å². The molecular weight excluding hydrogens is 193 g/mol. The number of halogens is 2. The van der Waals surface area contributed by atoms with Crippen LogP contribution in [0.3, 0.4) is 0 Å². The van der Waals surface area contributed by atoms with E-state index in [1.807, 2.05) is 0 Å². The van der Waals surface area contributed by atoms with E-state index in [0.717, 1.165) is 0 Å². The highest BCUT2D eigenvalue weighted by Gasteiger charge is 2.11. The molecule has 1 rings (SSSR count). The Morgan fingerprint density at radius 3 is 2.77 bits per heavy atom. The molecule has 0 saturated carbocycles. The van der Waals surface area contributed by atoms with Gasteiger partial charge in [-0.1, -0.05) is 11.6 Å². The molecule has 0 bridgehead atoms. The second-order valence-electron chi connectivity index (χ2n) is 2.58. The summed E-state index contributed by atoms with van der Waals surface area (Å²) in [6.07, 6.45) is 0.514. The molecule has 2 N–H and O–H groups in total. The highest BCUT2D eigenvalue weighted by Crippen LogP contribution is 2.29. The van der Waals surface area contributed by atoms with Gasteiger partial charge >= 0.3 is 0 Å². The summed E-state index contributed by atoms with van der Waals surface area (Å²) in [6.45, 7) is 0.416. The minimum absolute atomic E-state index is 0.193. The molecule has 0 saturated heterocycles. The summed E-state index contributed by atoms with van der Waals surface area (Å²) in [5.74, 6) is -0.215. The average molecular weight is 204 g/mol. The van der Waals surface area contributed by atoms with Gasteiger partial charge in [0, 0.05) is 10.6 Å². The van der Waals surface area contributed by atoms with Gasteiger partial charge in [-0.25, -0.2) is 4.39 Å². The maximum absolute atomic E-state index is 13.1. The second kappa shape index (κ2) is 4.44. The predicted octanol–water partition coefficient (Wildman–Crippen LogP) is 1.99. The molecule has 0 atom stereocenters. The third-order valence-corrected chi connectivity index (χ3v) is 2.11. The van der Waals surface area contributed by atoms with Gasteiger partial charge in [0.15, 0.2) is 11.6 Å². The van der Waals surface area contributed by atoms with E-state index in [9.17, 15) is 4.39 Å². The van der Waals surface area contributed by atoms with E-state index >= 15 is 0 Å². The van der Waals surface area contributed by atoms with E-state index in [1.54, 1.807) is 0 Å². The highest BCUT2D eigenvalue weighted by atomic mass is 35.5. The molecule has 13 heavy (non-hydrogen) atoms. The number of hydrogen-bond donors (Lipinski definition) is 1. The second-order valence-corrected chi connectivity index (χ2v) is 2.99. The molecule has 0 unspecified atom stereocenters. The fourth-order valence-corrected chi connectivity index (χ4v) is 1.42. The van der Waals surface area contributed by atoms with Gasteiger partial charge < -0.3 is 10.5 Å². The zero-order valence-electron chi connectivity index (χ0n) is 7.31. The minimum Gasteiger partial charge on any atom is -0.493 e. The predicted molar refractivity (Wildman–Crippen MR) is 50.7 cm³/mol. The van der Waals surface area contributed by atoms with Gasteiger partial charge in [0.05, 0.1) is 7.11 Å². The third kappa shape index (κ3) is 2.11. The third-order valence-electron chi connectivity index (χ3n) is 1.75. The number of nitrogens with two attached hydrogens (primary N) is 1. The van der Waals surface area contributed by atoms with E-state index < -0.39 is 5.82 Å².